The number of Topliss-reactive ketones (excluding diaryl/α,β-unsaturated/α-hetero) is 2. The molecular weight excluding hydrogens is 376 g/mol. The molecular formula is C26H40O4. The smallest absolute Gasteiger partial charge is 0.305 e. The molecule has 4 nitrogen and oxygen atoms in total. The molecule has 0 unspecified atom stereocenters. The van der Waals surface area contributed by atoms with Gasteiger partial charge in [-0.3, -0.25) is 14.4 Å². The van der Waals surface area contributed by atoms with Gasteiger partial charge in [0.15, 0.2) is 0 Å². The number of rotatable bonds is 5. The average Bonchev–Trinajstić information content (AvgIpc) is 3.05. The van der Waals surface area contributed by atoms with Crippen molar-refractivity contribution >= 4 is 17.5 Å². The van der Waals surface area contributed by atoms with Gasteiger partial charge in [0.05, 0.1) is 6.61 Å². The minimum absolute atomic E-state index is 0.0231. The first kappa shape index (κ1) is 22.0. The van der Waals surface area contributed by atoms with E-state index in [4.69, 9.17) is 4.74 Å². The van der Waals surface area contributed by atoms with Crippen LogP contribution in [0.25, 0.3) is 0 Å². The standard InChI is InChI=1S/C26H40O4/c1-5-30-24(29)9-6-16(2)19-7-8-20-18-15-23(28)22-14-17(27)10-12-26(22,4)21(18)11-13-25(19,20)3/h16,18-22H,5-15H2,1-4H3/t16-,18+,19-,20+,21+,22+,25-,26-/m1/s1. The molecule has 168 valence electrons. The third-order valence-corrected chi connectivity index (χ3v) is 10.1. The van der Waals surface area contributed by atoms with Crippen LogP contribution in [0.5, 0.6) is 0 Å². The molecule has 0 saturated heterocycles. The third kappa shape index (κ3) is 3.46. The SMILES string of the molecule is CCOC(=O)CC[C@@H](C)[C@H]1CC[C@H]2[C@@H]3CC(=O)[C@@H]4CC(=O)CC[C@]4(C)[C@H]3CC[C@]12C. The maximum absolute atomic E-state index is 13.2. The Balaban J connectivity index is 1.50. The number of fused-ring (bicyclic) bond motifs is 5. The predicted octanol–water partition coefficient (Wildman–Crippen LogP) is 5.37. The molecule has 0 spiro atoms. The molecule has 8 atom stereocenters. The van der Waals surface area contributed by atoms with Gasteiger partial charge in [-0.15, -0.1) is 0 Å². The Morgan fingerprint density at radius 3 is 2.53 bits per heavy atom. The molecule has 4 aliphatic rings. The fraction of sp³-hybridized carbons (Fsp3) is 0.885. The van der Waals surface area contributed by atoms with E-state index in [1.165, 1.54) is 25.7 Å². The predicted molar refractivity (Wildman–Crippen MR) is 116 cm³/mol. The molecule has 0 aromatic carbocycles. The van der Waals surface area contributed by atoms with E-state index in [-0.39, 0.29) is 22.7 Å². The largest absolute Gasteiger partial charge is 0.466 e. The second kappa shape index (κ2) is 8.06. The van der Waals surface area contributed by atoms with Gasteiger partial charge in [-0.05, 0) is 85.9 Å². The van der Waals surface area contributed by atoms with Crippen molar-refractivity contribution in [2.24, 2.45) is 46.3 Å². The molecule has 0 amide bonds. The highest BCUT2D eigenvalue weighted by atomic mass is 16.5. The topological polar surface area (TPSA) is 60.4 Å². The van der Waals surface area contributed by atoms with Gasteiger partial charge in [0.1, 0.15) is 11.6 Å². The molecule has 4 heteroatoms. The molecule has 4 aliphatic carbocycles. The second-order valence-corrected chi connectivity index (χ2v) is 11.4. The normalized spacial score (nSPS) is 44.1. The van der Waals surface area contributed by atoms with Crippen LogP contribution in [0.1, 0.15) is 91.9 Å². The van der Waals surface area contributed by atoms with Crippen molar-refractivity contribution in [3.05, 3.63) is 0 Å². The average molecular weight is 417 g/mol. The van der Waals surface area contributed by atoms with E-state index < -0.39 is 0 Å². The lowest BCUT2D eigenvalue weighted by Crippen LogP contribution is -2.56. The molecule has 4 fully saturated rings. The van der Waals surface area contributed by atoms with Crippen molar-refractivity contribution in [3.63, 3.8) is 0 Å². The summed E-state index contributed by atoms with van der Waals surface area (Å²) in [6.45, 7) is 9.45. The number of hydrogen-bond acceptors (Lipinski definition) is 4. The summed E-state index contributed by atoms with van der Waals surface area (Å²) in [6.07, 6.45) is 9.07. The maximum Gasteiger partial charge on any atom is 0.305 e. The van der Waals surface area contributed by atoms with Crippen LogP contribution in [0.15, 0.2) is 0 Å². The first-order valence-corrected chi connectivity index (χ1v) is 12.4. The molecule has 0 heterocycles. The van der Waals surface area contributed by atoms with E-state index in [1.54, 1.807) is 0 Å². The van der Waals surface area contributed by atoms with Gasteiger partial charge in [-0.2, -0.15) is 0 Å². The van der Waals surface area contributed by atoms with E-state index in [1.807, 2.05) is 6.92 Å². The van der Waals surface area contributed by atoms with Crippen LogP contribution >= 0.6 is 0 Å². The molecule has 0 aromatic heterocycles. The number of ketones is 2. The molecule has 0 radical (unpaired) electrons. The van der Waals surface area contributed by atoms with E-state index in [9.17, 15) is 14.4 Å². The Morgan fingerprint density at radius 2 is 1.80 bits per heavy atom. The number of ether oxygens (including phenoxy) is 1. The van der Waals surface area contributed by atoms with Crippen LogP contribution in [0.3, 0.4) is 0 Å². The Bertz CT molecular complexity index is 714. The van der Waals surface area contributed by atoms with E-state index in [0.29, 0.717) is 73.4 Å². The lowest BCUT2D eigenvalue weighted by atomic mass is 9.44. The first-order chi connectivity index (χ1) is 14.2. The summed E-state index contributed by atoms with van der Waals surface area (Å²) < 4.78 is 5.14. The van der Waals surface area contributed by atoms with Gasteiger partial charge >= 0.3 is 5.97 Å². The van der Waals surface area contributed by atoms with E-state index >= 15 is 0 Å². The van der Waals surface area contributed by atoms with E-state index in [2.05, 4.69) is 20.8 Å². The van der Waals surface area contributed by atoms with Gasteiger partial charge in [-0.1, -0.05) is 20.8 Å². The first-order valence-electron chi connectivity index (χ1n) is 12.4. The van der Waals surface area contributed by atoms with E-state index in [0.717, 1.165) is 12.8 Å². The number of esters is 1. The fourth-order valence-electron chi connectivity index (χ4n) is 8.59. The summed E-state index contributed by atoms with van der Waals surface area (Å²) in [7, 11) is 0. The monoisotopic (exact) mass is 416 g/mol. The van der Waals surface area contributed by atoms with Gasteiger partial charge in [0.25, 0.3) is 0 Å². The highest BCUT2D eigenvalue weighted by molar-refractivity contribution is 5.90. The summed E-state index contributed by atoms with van der Waals surface area (Å²) in [4.78, 5) is 37.1. The minimum Gasteiger partial charge on any atom is -0.466 e. The fourth-order valence-corrected chi connectivity index (χ4v) is 8.59. The van der Waals surface area contributed by atoms with Crippen molar-refractivity contribution in [2.45, 2.75) is 91.9 Å². The lowest BCUT2D eigenvalue weighted by molar-refractivity contribution is -0.159. The number of hydrogen-bond donors (Lipinski definition) is 0. The van der Waals surface area contributed by atoms with Crippen molar-refractivity contribution < 1.29 is 19.1 Å². The van der Waals surface area contributed by atoms with Crippen molar-refractivity contribution in [2.75, 3.05) is 6.61 Å². The van der Waals surface area contributed by atoms with Crippen LogP contribution in [-0.2, 0) is 19.1 Å². The zero-order valence-electron chi connectivity index (χ0n) is 19.4. The number of carbonyl (C=O) groups excluding carboxylic acids is 3. The van der Waals surface area contributed by atoms with Crippen LogP contribution in [-0.4, -0.2) is 24.1 Å². The van der Waals surface area contributed by atoms with Crippen LogP contribution < -0.4 is 0 Å². The highest BCUT2D eigenvalue weighted by Gasteiger charge is 2.62. The van der Waals surface area contributed by atoms with Crippen molar-refractivity contribution in [1.82, 2.24) is 0 Å². The summed E-state index contributed by atoms with van der Waals surface area (Å²) in [6, 6.07) is 0. The van der Waals surface area contributed by atoms with Crippen LogP contribution in [0.2, 0.25) is 0 Å². The number of carbonyl (C=O) groups is 3. The Morgan fingerprint density at radius 1 is 1.07 bits per heavy atom. The Hall–Kier alpha value is -1.19. The molecule has 0 bridgehead atoms. The maximum atomic E-state index is 13.2. The van der Waals surface area contributed by atoms with Gasteiger partial charge in [0, 0.05) is 31.6 Å². The molecule has 0 aliphatic heterocycles. The zero-order chi connectivity index (χ0) is 21.7. The van der Waals surface area contributed by atoms with Gasteiger partial charge in [0.2, 0.25) is 0 Å². The van der Waals surface area contributed by atoms with Crippen molar-refractivity contribution in [1.29, 1.82) is 0 Å². The molecule has 4 rings (SSSR count). The van der Waals surface area contributed by atoms with Crippen molar-refractivity contribution in [3.8, 4) is 0 Å². The Labute approximate surface area is 181 Å². The Kier molecular flexibility index (Phi) is 5.91. The molecule has 30 heavy (non-hydrogen) atoms. The van der Waals surface area contributed by atoms with Gasteiger partial charge in [-0.25, -0.2) is 0 Å². The zero-order valence-corrected chi connectivity index (χ0v) is 19.4. The lowest BCUT2D eigenvalue weighted by Gasteiger charge is -2.59. The summed E-state index contributed by atoms with van der Waals surface area (Å²) in [5, 5.41) is 0. The second-order valence-electron chi connectivity index (χ2n) is 11.4. The summed E-state index contributed by atoms with van der Waals surface area (Å²) >= 11 is 0. The molecule has 0 N–H and O–H groups in total. The summed E-state index contributed by atoms with van der Waals surface area (Å²) in [5.74, 6) is 3.42. The summed E-state index contributed by atoms with van der Waals surface area (Å²) in [5.41, 5.74) is 0.312. The quantitative estimate of drug-likeness (QED) is 0.565. The van der Waals surface area contributed by atoms with Gasteiger partial charge < -0.3 is 4.74 Å². The minimum atomic E-state index is -0.0727. The molecule has 0 aromatic rings. The van der Waals surface area contributed by atoms with Crippen LogP contribution in [0, 0.1) is 46.3 Å². The molecule has 4 saturated carbocycles. The third-order valence-electron chi connectivity index (χ3n) is 10.1. The highest BCUT2D eigenvalue weighted by Crippen LogP contribution is 2.67. The van der Waals surface area contributed by atoms with Crippen LogP contribution in [0.4, 0.5) is 0 Å².